The van der Waals surface area contributed by atoms with Gasteiger partial charge in [0.05, 0.1) is 5.57 Å². The van der Waals surface area contributed by atoms with Crippen molar-refractivity contribution >= 4 is 28.1 Å². The van der Waals surface area contributed by atoms with Crippen LogP contribution in [0.1, 0.15) is 60.5 Å². The zero-order valence-corrected chi connectivity index (χ0v) is 15.3. The van der Waals surface area contributed by atoms with Gasteiger partial charge in [-0.3, -0.25) is 14.4 Å². The number of carbonyl (C=O) groups excluding carboxylic acids is 3. The van der Waals surface area contributed by atoms with Crippen molar-refractivity contribution < 1.29 is 19.5 Å². The van der Waals surface area contributed by atoms with E-state index in [9.17, 15) is 19.5 Å². The molecule has 0 spiro atoms. The normalized spacial score (nSPS) is 17.7. The Labute approximate surface area is 152 Å². The first-order valence-corrected chi connectivity index (χ1v) is 8.86. The number of allylic oxidation sites excluding steroid dienone is 2. The van der Waals surface area contributed by atoms with Crippen molar-refractivity contribution in [3.63, 3.8) is 0 Å². The summed E-state index contributed by atoms with van der Waals surface area (Å²) in [7, 11) is 0. The van der Waals surface area contributed by atoms with E-state index in [2.05, 4.69) is 0 Å². The first kappa shape index (κ1) is 18.1. The third-order valence-electron chi connectivity index (χ3n) is 5.12. The molecule has 1 N–H and O–H groups in total. The van der Waals surface area contributed by atoms with E-state index in [1.54, 1.807) is 13.8 Å². The van der Waals surface area contributed by atoms with E-state index in [-0.39, 0.29) is 53.9 Å². The van der Waals surface area contributed by atoms with E-state index in [0.29, 0.717) is 5.56 Å². The summed E-state index contributed by atoms with van der Waals surface area (Å²) in [6.45, 7) is 5.15. The predicted molar refractivity (Wildman–Crippen MR) is 101 cm³/mol. The van der Waals surface area contributed by atoms with Crippen molar-refractivity contribution in [3.05, 3.63) is 58.4 Å². The van der Waals surface area contributed by atoms with Gasteiger partial charge in [-0.25, -0.2) is 0 Å². The molecule has 26 heavy (non-hydrogen) atoms. The molecule has 3 rings (SSSR count). The number of hydrogen-bond acceptors (Lipinski definition) is 4. The first-order valence-electron chi connectivity index (χ1n) is 8.86. The van der Waals surface area contributed by atoms with E-state index in [0.717, 1.165) is 21.9 Å². The van der Waals surface area contributed by atoms with E-state index < -0.39 is 0 Å². The largest absolute Gasteiger partial charge is 0.511 e. The highest BCUT2D eigenvalue weighted by Gasteiger charge is 2.33. The van der Waals surface area contributed by atoms with Gasteiger partial charge >= 0.3 is 0 Å². The van der Waals surface area contributed by atoms with Crippen LogP contribution in [-0.4, -0.2) is 22.5 Å². The molecule has 0 fully saturated rings. The molecule has 2 aromatic carbocycles. The number of benzene rings is 2. The first-order chi connectivity index (χ1) is 12.3. The summed E-state index contributed by atoms with van der Waals surface area (Å²) in [6, 6.07) is 9.50. The van der Waals surface area contributed by atoms with Gasteiger partial charge < -0.3 is 5.11 Å². The van der Waals surface area contributed by atoms with E-state index >= 15 is 0 Å². The summed E-state index contributed by atoms with van der Waals surface area (Å²) in [5.41, 5.74) is 2.51. The van der Waals surface area contributed by atoms with Gasteiger partial charge in [0.2, 0.25) is 0 Å². The van der Waals surface area contributed by atoms with Crippen LogP contribution in [0.25, 0.3) is 10.8 Å². The molecule has 0 radical (unpaired) electrons. The van der Waals surface area contributed by atoms with Crippen LogP contribution in [-0.2, 0) is 9.59 Å². The number of fused-ring (bicyclic) bond motifs is 1. The SMILES string of the molecule is CCC(=O)C1=C(O)CC(c2c(C)cc(C(C)=O)c3ccccc23)CC1=O. The lowest BCUT2D eigenvalue weighted by atomic mass is 9.77. The molecule has 4 heteroatoms. The fraction of sp³-hybridized carbons (Fsp3) is 0.318. The second-order valence-electron chi connectivity index (χ2n) is 6.88. The van der Waals surface area contributed by atoms with Crippen LogP contribution in [0.15, 0.2) is 41.7 Å². The van der Waals surface area contributed by atoms with Gasteiger partial charge in [0.1, 0.15) is 5.76 Å². The molecule has 0 saturated heterocycles. The van der Waals surface area contributed by atoms with Crippen molar-refractivity contribution in [2.45, 2.75) is 46.0 Å². The highest BCUT2D eigenvalue weighted by molar-refractivity contribution is 6.21. The number of aliphatic hydroxyl groups is 1. The molecule has 0 saturated carbocycles. The van der Waals surface area contributed by atoms with Gasteiger partial charge in [-0.15, -0.1) is 0 Å². The number of aryl methyl sites for hydroxylation is 1. The average Bonchev–Trinajstić information content (AvgIpc) is 2.59. The van der Waals surface area contributed by atoms with Crippen LogP contribution in [0.5, 0.6) is 0 Å². The van der Waals surface area contributed by atoms with Crippen LogP contribution in [0, 0.1) is 6.92 Å². The minimum Gasteiger partial charge on any atom is -0.511 e. The average molecular weight is 350 g/mol. The van der Waals surface area contributed by atoms with Crippen LogP contribution in [0.4, 0.5) is 0 Å². The lowest BCUT2D eigenvalue weighted by Crippen LogP contribution is -2.24. The number of carbonyl (C=O) groups is 3. The van der Waals surface area contributed by atoms with Gasteiger partial charge in [-0.05, 0) is 47.7 Å². The Balaban J connectivity index is 2.16. The maximum absolute atomic E-state index is 12.5. The Morgan fingerprint density at radius 3 is 2.38 bits per heavy atom. The Hall–Kier alpha value is -2.75. The monoisotopic (exact) mass is 350 g/mol. The van der Waals surface area contributed by atoms with Crippen molar-refractivity contribution in [1.29, 1.82) is 0 Å². The molecule has 134 valence electrons. The Bertz CT molecular complexity index is 966. The molecule has 0 heterocycles. The zero-order valence-electron chi connectivity index (χ0n) is 15.3. The highest BCUT2D eigenvalue weighted by atomic mass is 16.3. The predicted octanol–water partition coefficient (Wildman–Crippen LogP) is 4.59. The molecule has 1 aliphatic rings. The van der Waals surface area contributed by atoms with Gasteiger partial charge in [0.25, 0.3) is 0 Å². The number of aliphatic hydroxyl groups excluding tert-OH is 1. The summed E-state index contributed by atoms with van der Waals surface area (Å²) in [4.78, 5) is 36.5. The van der Waals surface area contributed by atoms with Gasteiger partial charge in [0, 0.05) is 24.8 Å². The van der Waals surface area contributed by atoms with Gasteiger partial charge in [-0.2, -0.15) is 0 Å². The minimum atomic E-state index is -0.306. The third kappa shape index (κ3) is 2.96. The fourth-order valence-corrected chi connectivity index (χ4v) is 3.96. The molecular weight excluding hydrogens is 328 g/mol. The summed E-state index contributed by atoms with van der Waals surface area (Å²) in [6.07, 6.45) is 0.650. The fourth-order valence-electron chi connectivity index (χ4n) is 3.96. The lowest BCUT2D eigenvalue weighted by molar-refractivity contribution is -0.122. The van der Waals surface area contributed by atoms with E-state index in [1.807, 2.05) is 37.3 Å². The van der Waals surface area contributed by atoms with E-state index in [4.69, 9.17) is 0 Å². The molecule has 1 unspecified atom stereocenters. The molecule has 2 aromatic rings. The quantitative estimate of drug-likeness (QED) is 0.647. The van der Waals surface area contributed by atoms with Crippen LogP contribution in [0.3, 0.4) is 0 Å². The number of hydrogen-bond donors (Lipinski definition) is 1. The maximum atomic E-state index is 12.5. The Kier molecular flexibility index (Phi) is 4.77. The summed E-state index contributed by atoms with van der Waals surface area (Å²) in [5, 5.41) is 12.1. The lowest BCUT2D eigenvalue weighted by Gasteiger charge is -2.26. The highest BCUT2D eigenvalue weighted by Crippen LogP contribution is 2.40. The Morgan fingerprint density at radius 2 is 1.81 bits per heavy atom. The topological polar surface area (TPSA) is 71.4 Å². The van der Waals surface area contributed by atoms with Crippen molar-refractivity contribution in [3.8, 4) is 0 Å². The molecule has 1 atom stereocenters. The zero-order chi connectivity index (χ0) is 19.0. The summed E-state index contributed by atoms with van der Waals surface area (Å²) >= 11 is 0. The van der Waals surface area contributed by atoms with Gasteiger partial charge in [0.15, 0.2) is 17.3 Å². The molecule has 0 aromatic heterocycles. The van der Waals surface area contributed by atoms with Crippen molar-refractivity contribution in [2.75, 3.05) is 0 Å². The van der Waals surface area contributed by atoms with Crippen LogP contribution < -0.4 is 0 Å². The number of ketones is 3. The molecule has 1 aliphatic carbocycles. The number of rotatable bonds is 4. The third-order valence-corrected chi connectivity index (χ3v) is 5.12. The Morgan fingerprint density at radius 1 is 1.15 bits per heavy atom. The summed E-state index contributed by atoms with van der Waals surface area (Å²) < 4.78 is 0. The second kappa shape index (κ2) is 6.87. The minimum absolute atomic E-state index is 0.00542. The van der Waals surface area contributed by atoms with Crippen LogP contribution in [0.2, 0.25) is 0 Å². The molecule has 0 bridgehead atoms. The second-order valence-corrected chi connectivity index (χ2v) is 6.88. The molecule has 4 nitrogen and oxygen atoms in total. The molecular formula is C22H22O4. The maximum Gasteiger partial charge on any atom is 0.170 e. The van der Waals surface area contributed by atoms with E-state index in [1.165, 1.54) is 0 Å². The molecule has 0 aliphatic heterocycles. The van der Waals surface area contributed by atoms with Crippen molar-refractivity contribution in [1.82, 2.24) is 0 Å². The van der Waals surface area contributed by atoms with Gasteiger partial charge in [-0.1, -0.05) is 31.2 Å². The smallest absolute Gasteiger partial charge is 0.170 e. The van der Waals surface area contributed by atoms with Crippen LogP contribution >= 0.6 is 0 Å². The standard InChI is InChI=1S/C22H22O4/c1-4-18(24)22-19(25)10-14(11-20(22)26)21-12(2)9-17(13(3)23)15-7-5-6-8-16(15)21/h5-9,14,25H,4,10-11H2,1-3H3. The number of Topliss-reactive ketones (excluding diaryl/α,β-unsaturated/α-hetero) is 3. The summed E-state index contributed by atoms with van der Waals surface area (Å²) in [5.74, 6) is -0.933. The van der Waals surface area contributed by atoms with Crippen molar-refractivity contribution in [2.24, 2.45) is 0 Å². The molecule has 0 amide bonds.